The van der Waals surface area contributed by atoms with Gasteiger partial charge in [0.2, 0.25) is 5.91 Å². The van der Waals surface area contributed by atoms with Crippen molar-refractivity contribution in [3.63, 3.8) is 0 Å². The van der Waals surface area contributed by atoms with Gasteiger partial charge in [0.1, 0.15) is 17.5 Å². The number of aromatic amines is 1. The molecule has 0 spiro atoms. The highest BCUT2D eigenvalue weighted by molar-refractivity contribution is 5.91. The maximum absolute atomic E-state index is 11.0. The number of rotatable bonds is 2. The molecule has 0 radical (unpaired) electrons. The average Bonchev–Trinajstić information content (AvgIpc) is 2.72. The third-order valence-corrected chi connectivity index (χ3v) is 2.38. The van der Waals surface area contributed by atoms with E-state index < -0.39 is 0 Å². The Morgan fingerprint density at radius 3 is 2.65 bits per heavy atom. The number of H-pyrrole nitrogens is 1. The smallest absolute Gasteiger partial charge is 0.222 e. The van der Waals surface area contributed by atoms with Gasteiger partial charge in [0.05, 0.1) is 0 Å². The fourth-order valence-electron chi connectivity index (χ4n) is 1.66. The van der Waals surface area contributed by atoms with Crippen LogP contribution in [0.15, 0.2) is 36.5 Å². The minimum atomic E-state index is -0.206. The van der Waals surface area contributed by atoms with Crippen molar-refractivity contribution in [2.45, 2.75) is 6.92 Å². The molecule has 0 saturated heterocycles. The Morgan fingerprint density at radius 2 is 2.06 bits per heavy atom. The number of amides is 1. The largest absolute Gasteiger partial charge is 0.346 e. The molecule has 0 fully saturated rings. The van der Waals surface area contributed by atoms with E-state index in [9.17, 15) is 4.79 Å². The molecule has 0 bridgehead atoms. The van der Waals surface area contributed by atoms with Gasteiger partial charge in [0, 0.05) is 18.7 Å². The lowest BCUT2D eigenvalue weighted by Crippen LogP contribution is -2.07. The molecular weight excluding hydrogens is 214 g/mol. The van der Waals surface area contributed by atoms with Gasteiger partial charge in [-0.05, 0) is 5.56 Å². The molecule has 0 aliphatic heterocycles. The lowest BCUT2D eigenvalue weighted by atomic mass is 10.1. The van der Waals surface area contributed by atoms with Crippen LogP contribution in [0.2, 0.25) is 0 Å². The Kier molecular flexibility index (Phi) is 2.93. The van der Waals surface area contributed by atoms with Gasteiger partial charge in [-0.1, -0.05) is 30.3 Å². The van der Waals surface area contributed by atoms with E-state index in [1.807, 2.05) is 30.3 Å². The number of nitrogens with one attached hydrogen (secondary N) is 2. The standard InChI is InChI=1S/C13H11N3O/c1-9(17)16-13-11(7-14)12(8-15-13)10-5-3-2-4-6-10/h2-6,8,15H,1H3,(H,16,17). The highest BCUT2D eigenvalue weighted by atomic mass is 16.1. The van der Waals surface area contributed by atoms with Crippen molar-refractivity contribution >= 4 is 11.7 Å². The predicted molar refractivity (Wildman–Crippen MR) is 65.2 cm³/mol. The SMILES string of the molecule is CC(=O)Nc1[nH]cc(-c2ccccc2)c1C#N. The molecule has 0 atom stereocenters. The van der Waals surface area contributed by atoms with Gasteiger partial charge in [-0.2, -0.15) is 5.26 Å². The summed E-state index contributed by atoms with van der Waals surface area (Å²) < 4.78 is 0. The van der Waals surface area contributed by atoms with E-state index in [2.05, 4.69) is 16.4 Å². The lowest BCUT2D eigenvalue weighted by molar-refractivity contribution is -0.114. The Morgan fingerprint density at radius 1 is 1.35 bits per heavy atom. The van der Waals surface area contributed by atoms with Crippen molar-refractivity contribution < 1.29 is 4.79 Å². The lowest BCUT2D eigenvalue weighted by Gasteiger charge is -2.00. The van der Waals surface area contributed by atoms with Gasteiger partial charge in [-0.25, -0.2) is 0 Å². The van der Waals surface area contributed by atoms with Crippen molar-refractivity contribution in [3.8, 4) is 17.2 Å². The van der Waals surface area contributed by atoms with Gasteiger partial charge >= 0.3 is 0 Å². The number of hydrogen-bond acceptors (Lipinski definition) is 2. The van der Waals surface area contributed by atoms with Crippen molar-refractivity contribution in [2.75, 3.05) is 5.32 Å². The molecule has 2 aromatic rings. The first kappa shape index (κ1) is 11.0. The highest BCUT2D eigenvalue weighted by Gasteiger charge is 2.12. The summed E-state index contributed by atoms with van der Waals surface area (Å²) >= 11 is 0. The monoisotopic (exact) mass is 225 g/mol. The highest BCUT2D eigenvalue weighted by Crippen LogP contribution is 2.28. The fraction of sp³-hybridized carbons (Fsp3) is 0.0769. The quantitative estimate of drug-likeness (QED) is 0.824. The van der Waals surface area contributed by atoms with Gasteiger partial charge in [-0.3, -0.25) is 4.79 Å². The Labute approximate surface area is 98.9 Å². The van der Waals surface area contributed by atoms with Crippen molar-refractivity contribution in [1.29, 1.82) is 5.26 Å². The van der Waals surface area contributed by atoms with Crippen molar-refractivity contribution in [3.05, 3.63) is 42.1 Å². The summed E-state index contributed by atoms with van der Waals surface area (Å²) in [6.07, 6.45) is 1.72. The van der Waals surface area contributed by atoms with Crippen LogP contribution >= 0.6 is 0 Å². The molecule has 4 heteroatoms. The maximum atomic E-state index is 11.0. The number of nitrogens with zero attached hydrogens (tertiary/aromatic N) is 1. The summed E-state index contributed by atoms with van der Waals surface area (Å²) in [5, 5.41) is 11.7. The second kappa shape index (κ2) is 4.54. The number of carbonyl (C=O) groups excluding carboxylic acids is 1. The van der Waals surface area contributed by atoms with Crippen LogP contribution in [0.5, 0.6) is 0 Å². The van der Waals surface area contributed by atoms with Crippen LogP contribution in [-0.4, -0.2) is 10.9 Å². The first-order valence-corrected chi connectivity index (χ1v) is 5.17. The number of carbonyl (C=O) groups is 1. The molecule has 1 aromatic heterocycles. The maximum Gasteiger partial charge on any atom is 0.222 e. The number of nitriles is 1. The predicted octanol–water partition coefficient (Wildman–Crippen LogP) is 2.51. The number of benzene rings is 1. The van der Waals surface area contributed by atoms with Crippen LogP contribution in [-0.2, 0) is 4.79 Å². The van der Waals surface area contributed by atoms with E-state index in [1.54, 1.807) is 6.20 Å². The molecule has 84 valence electrons. The van der Waals surface area contributed by atoms with E-state index in [0.717, 1.165) is 11.1 Å². The van der Waals surface area contributed by atoms with Gasteiger partial charge in [0.15, 0.2) is 0 Å². The van der Waals surface area contributed by atoms with Crippen LogP contribution < -0.4 is 5.32 Å². The molecule has 17 heavy (non-hydrogen) atoms. The zero-order valence-corrected chi connectivity index (χ0v) is 9.32. The summed E-state index contributed by atoms with van der Waals surface area (Å²) in [7, 11) is 0. The van der Waals surface area contributed by atoms with Crippen molar-refractivity contribution in [1.82, 2.24) is 4.98 Å². The summed E-state index contributed by atoms with van der Waals surface area (Å²) in [6.45, 7) is 1.41. The second-order valence-electron chi connectivity index (χ2n) is 3.61. The summed E-state index contributed by atoms with van der Waals surface area (Å²) in [5.74, 6) is 0.238. The Bertz CT molecular complexity index is 578. The first-order valence-electron chi connectivity index (χ1n) is 5.17. The van der Waals surface area contributed by atoms with Crippen LogP contribution in [0.25, 0.3) is 11.1 Å². The molecule has 2 rings (SSSR count). The normalized spacial score (nSPS) is 9.65. The topological polar surface area (TPSA) is 68.7 Å². The van der Waals surface area contributed by atoms with E-state index in [-0.39, 0.29) is 5.91 Å². The summed E-state index contributed by atoms with van der Waals surface area (Å²) in [6, 6.07) is 11.7. The average molecular weight is 225 g/mol. The van der Waals surface area contributed by atoms with E-state index in [4.69, 9.17) is 5.26 Å². The Balaban J connectivity index is 2.47. The third kappa shape index (κ3) is 2.18. The van der Waals surface area contributed by atoms with E-state index in [0.29, 0.717) is 11.4 Å². The summed E-state index contributed by atoms with van der Waals surface area (Å²) in [5.41, 5.74) is 2.18. The first-order chi connectivity index (χ1) is 8.22. The molecule has 0 unspecified atom stereocenters. The Hall–Kier alpha value is -2.54. The molecular formula is C13H11N3O. The van der Waals surface area contributed by atoms with Gasteiger partial charge < -0.3 is 10.3 Å². The fourth-order valence-corrected chi connectivity index (χ4v) is 1.66. The zero-order chi connectivity index (χ0) is 12.3. The zero-order valence-electron chi connectivity index (χ0n) is 9.32. The third-order valence-electron chi connectivity index (χ3n) is 2.38. The second-order valence-corrected chi connectivity index (χ2v) is 3.61. The molecule has 0 aliphatic carbocycles. The number of aromatic nitrogens is 1. The molecule has 1 heterocycles. The van der Waals surface area contributed by atoms with Crippen LogP contribution in [0, 0.1) is 11.3 Å². The van der Waals surface area contributed by atoms with Crippen molar-refractivity contribution in [2.24, 2.45) is 0 Å². The number of anilines is 1. The van der Waals surface area contributed by atoms with Crippen LogP contribution in [0.3, 0.4) is 0 Å². The molecule has 0 saturated carbocycles. The minimum absolute atomic E-state index is 0.206. The number of hydrogen-bond donors (Lipinski definition) is 2. The van der Waals surface area contributed by atoms with Crippen LogP contribution in [0.4, 0.5) is 5.82 Å². The molecule has 4 nitrogen and oxygen atoms in total. The van der Waals surface area contributed by atoms with Crippen LogP contribution in [0.1, 0.15) is 12.5 Å². The van der Waals surface area contributed by atoms with E-state index in [1.165, 1.54) is 6.92 Å². The van der Waals surface area contributed by atoms with Gasteiger partial charge in [0.25, 0.3) is 0 Å². The molecule has 1 aromatic carbocycles. The molecule has 1 amide bonds. The van der Waals surface area contributed by atoms with Gasteiger partial charge in [-0.15, -0.1) is 0 Å². The molecule has 0 aliphatic rings. The summed E-state index contributed by atoms with van der Waals surface area (Å²) in [4.78, 5) is 13.9. The minimum Gasteiger partial charge on any atom is -0.346 e. The van der Waals surface area contributed by atoms with E-state index >= 15 is 0 Å². The molecule has 2 N–H and O–H groups in total.